The van der Waals surface area contributed by atoms with E-state index in [2.05, 4.69) is 0 Å². The van der Waals surface area contributed by atoms with Crippen LogP contribution in [0, 0.1) is 3.70 Å². The fraction of sp³-hybridized carbons (Fsp3) is 0.0625. The Morgan fingerprint density at radius 3 is 2.30 bits per heavy atom. The molecular formula is C16H12INO4S. The van der Waals surface area contributed by atoms with Crippen molar-refractivity contribution < 1.29 is 17.9 Å². The smallest absolute Gasteiger partial charge is 0.341 e. The van der Waals surface area contributed by atoms with E-state index in [9.17, 15) is 13.2 Å². The van der Waals surface area contributed by atoms with Gasteiger partial charge in [0.1, 0.15) is 3.70 Å². The van der Waals surface area contributed by atoms with Crippen LogP contribution >= 0.6 is 22.6 Å². The normalized spacial score (nSPS) is 11.6. The van der Waals surface area contributed by atoms with Crippen molar-refractivity contribution in [2.45, 2.75) is 4.90 Å². The van der Waals surface area contributed by atoms with Crippen LogP contribution in [0.15, 0.2) is 59.5 Å². The summed E-state index contributed by atoms with van der Waals surface area (Å²) in [6, 6.07) is 15.0. The zero-order valence-corrected chi connectivity index (χ0v) is 15.0. The number of carbonyl (C=O) groups is 1. The number of para-hydroxylation sites is 1. The minimum Gasteiger partial charge on any atom is -0.465 e. The van der Waals surface area contributed by atoms with Gasteiger partial charge in [0.2, 0.25) is 0 Å². The number of rotatable bonds is 3. The Hall–Kier alpha value is -1.87. The molecule has 3 aromatic rings. The third-order valence-corrected chi connectivity index (χ3v) is 6.52. The Kier molecular flexibility index (Phi) is 4.15. The van der Waals surface area contributed by atoms with Crippen LogP contribution in [0.25, 0.3) is 10.9 Å². The van der Waals surface area contributed by atoms with Crippen molar-refractivity contribution in [1.82, 2.24) is 3.97 Å². The molecule has 5 nitrogen and oxygen atoms in total. The van der Waals surface area contributed by atoms with Crippen molar-refractivity contribution in [2.75, 3.05) is 7.11 Å². The van der Waals surface area contributed by atoms with Gasteiger partial charge in [-0.25, -0.2) is 17.2 Å². The number of nitrogens with zero attached hydrogens (tertiary/aromatic N) is 1. The third kappa shape index (κ3) is 2.53. The molecule has 0 aliphatic heterocycles. The molecule has 3 rings (SSSR count). The Labute approximate surface area is 147 Å². The summed E-state index contributed by atoms with van der Waals surface area (Å²) in [7, 11) is -2.54. The molecule has 0 radical (unpaired) electrons. The van der Waals surface area contributed by atoms with Gasteiger partial charge in [0.15, 0.2) is 0 Å². The van der Waals surface area contributed by atoms with Gasteiger partial charge in [0.25, 0.3) is 10.0 Å². The summed E-state index contributed by atoms with van der Waals surface area (Å²) in [5, 5.41) is 0.545. The first-order chi connectivity index (χ1) is 11.0. The fourth-order valence-electron chi connectivity index (χ4n) is 2.41. The van der Waals surface area contributed by atoms with E-state index in [1.165, 1.54) is 23.2 Å². The van der Waals surface area contributed by atoms with Gasteiger partial charge < -0.3 is 4.74 Å². The average Bonchev–Trinajstić information content (AvgIpc) is 2.87. The monoisotopic (exact) mass is 441 g/mol. The summed E-state index contributed by atoms with van der Waals surface area (Å²) >= 11 is 1.87. The topological polar surface area (TPSA) is 65.4 Å². The van der Waals surface area contributed by atoms with Crippen LogP contribution in [-0.2, 0) is 14.8 Å². The van der Waals surface area contributed by atoms with Crippen molar-refractivity contribution in [3.8, 4) is 0 Å². The lowest BCUT2D eigenvalue weighted by Gasteiger charge is -2.09. The first kappa shape index (κ1) is 16.0. The highest BCUT2D eigenvalue weighted by Gasteiger charge is 2.28. The van der Waals surface area contributed by atoms with Crippen molar-refractivity contribution in [1.29, 1.82) is 0 Å². The number of aromatic nitrogens is 1. The van der Waals surface area contributed by atoms with Crippen LogP contribution in [0.4, 0.5) is 0 Å². The molecule has 2 aromatic carbocycles. The van der Waals surface area contributed by atoms with Crippen molar-refractivity contribution in [3.05, 3.63) is 63.9 Å². The zero-order chi connectivity index (χ0) is 16.6. The second-order valence-corrected chi connectivity index (χ2v) is 7.57. The standard InChI is InChI=1S/C16H12INO4S/c1-22-16(19)14-12-9-5-6-10-13(12)18(15(14)17)23(20,21)11-7-3-2-4-8-11/h2-10H,1H3. The van der Waals surface area contributed by atoms with Crippen molar-refractivity contribution in [2.24, 2.45) is 0 Å². The maximum atomic E-state index is 13.0. The molecular weight excluding hydrogens is 429 g/mol. The minimum absolute atomic E-state index is 0.162. The van der Waals surface area contributed by atoms with Gasteiger partial charge in [-0.2, -0.15) is 0 Å². The van der Waals surface area contributed by atoms with E-state index in [0.29, 0.717) is 14.6 Å². The van der Waals surface area contributed by atoms with Crippen LogP contribution in [0.1, 0.15) is 10.4 Å². The van der Waals surface area contributed by atoms with Crippen molar-refractivity contribution in [3.63, 3.8) is 0 Å². The van der Waals surface area contributed by atoms with Crippen LogP contribution in [-0.4, -0.2) is 25.5 Å². The lowest BCUT2D eigenvalue weighted by atomic mass is 10.2. The van der Waals surface area contributed by atoms with E-state index in [0.717, 1.165) is 0 Å². The predicted octanol–water partition coefficient (Wildman–Crippen LogP) is 3.27. The van der Waals surface area contributed by atoms with Crippen LogP contribution in [0.5, 0.6) is 0 Å². The molecule has 0 saturated carbocycles. The number of halogens is 1. The van der Waals surface area contributed by atoms with Gasteiger partial charge in [0.05, 0.1) is 23.1 Å². The Balaban J connectivity index is 2.40. The predicted molar refractivity (Wildman–Crippen MR) is 95.0 cm³/mol. The van der Waals surface area contributed by atoms with Gasteiger partial charge in [-0.3, -0.25) is 0 Å². The van der Waals surface area contributed by atoms with Crippen LogP contribution in [0.3, 0.4) is 0 Å². The van der Waals surface area contributed by atoms with E-state index < -0.39 is 16.0 Å². The second-order valence-electron chi connectivity index (χ2n) is 4.76. The van der Waals surface area contributed by atoms with Gasteiger partial charge >= 0.3 is 5.97 Å². The molecule has 0 atom stereocenters. The summed E-state index contributed by atoms with van der Waals surface area (Å²) in [6.07, 6.45) is 0. The summed E-state index contributed by atoms with van der Waals surface area (Å²) in [4.78, 5) is 12.3. The van der Waals surface area contributed by atoms with E-state index in [4.69, 9.17) is 4.74 Å². The molecule has 0 N–H and O–H groups in total. The molecule has 0 unspecified atom stereocenters. The molecule has 1 aromatic heterocycles. The highest BCUT2D eigenvalue weighted by atomic mass is 127. The third-order valence-electron chi connectivity index (χ3n) is 3.45. The molecule has 0 saturated heterocycles. The Morgan fingerprint density at radius 1 is 1.04 bits per heavy atom. The summed E-state index contributed by atoms with van der Waals surface area (Å²) in [6.45, 7) is 0. The van der Waals surface area contributed by atoms with E-state index in [1.807, 2.05) is 22.6 Å². The molecule has 0 fully saturated rings. The van der Waals surface area contributed by atoms with E-state index >= 15 is 0 Å². The molecule has 0 bridgehead atoms. The molecule has 23 heavy (non-hydrogen) atoms. The van der Waals surface area contributed by atoms with Crippen LogP contribution in [0.2, 0.25) is 0 Å². The molecule has 1 heterocycles. The Morgan fingerprint density at radius 2 is 1.65 bits per heavy atom. The van der Waals surface area contributed by atoms with E-state index in [1.54, 1.807) is 42.5 Å². The quantitative estimate of drug-likeness (QED) is 0.463. The number of fused-ring (bicyclic) bond motifs is 1. The molecule has 0 aliphatic rings. The molecule has 7 heteroatoms. The number of benzene rings is 2. The number of carbonyl (C=O) groups excluding carboxylic acids is 1. The van der Waals surface area contributed by atoms with Crippen LogP contribution < -0.4 is 0 Å². The molecule has 118 valence electrons. The lowest BCUT2D eigenvalue weighted by Crippen LogP contribution is -2.15. The SMILES string of the molecule is COC(=O)c1c(I)n(S(=O)(=O)c2ccccc2)c2ccccc12. The summed E-state index contributed by atoms with van der Waals surface area (Å²) in [5.41, 5.74) is 0.698. The molecule has 0 amide bonds. The maximum Gasteiger partial charge on any atom is 0.341 e. The van der Waals surface area contributed by atoms with E-state index in [-0.39, 0.29) is 10.5 Å². The van der Waals surface area contributed by atoms with Crippen molar-refractivity contribution >= 4 is 49.5 Å². The average molecular weight is 441 g/mol. The Bertz CT molecular complexity index is 994. The van der Waals surface area contributed by atoms with Gasteiger partial charge in [0, 0.05) is 5.39 Å². The van der Waals surface area contributed by atoms with Gasteiger partial charge in [-0.1, -0.05) is 36.4 Å². The zero-order valence-electron chi connectivity index (χ0n) is 12.1. The number of methoxy groups -OCH3 is 1. The minimum atomic E-state index is -3.82. The van der Waals surface area contributed by atoms with Gasteiger partial charge in [-0.15, -0.1) is 0 Å². The molecule has 0 spiro atoms. The lowest BCUT2D eigenvalue weighted by molar-refractivity contribution is 0.0601. The number of esters is 1. The maximum absolute atomic E-state index is 13.0. The first-order valence-corrected chi connectivity index (χ1v) is 9.18. The van der Waals surface area contributed by atoms with Gasteiger partial charge in [-0.05, 0) is 40.8 Å². The first-order valence-electron chi connectivity index (χ1n) is 6.66. The number of hydrogen-bond acceptors (Lipinski definition) is 4. The molecule has 0 aliphatic carbocycles. The number of ether oxygens (including phenoxy) is 1. The highest BCUT2D eigenvalue weighted by molar-refractivity contribution is 14.1. The largest absolute Gasteiger partial charge is 0.465 e. The fourth-order valence-corrected chi connectivity index (χ4v) is 5.39. The highest BCUT2D eigenvalue weighted by Crippen LogP contribution is 2.31. The summed E-state index contributed by atoms with van der Waals surface area (Å²) in [5.74, 6) is -0.562. The summed E-state index contributed by atoms with van der Waals surface area (Å²) < 4.78 is 32.3. The second kappa shape index (κ2) is 5.97. The number of hydrogen-bond donors (Lipinski definition) is 0.